The molecule has 0 aromatic carbocycles. The summed E-state index contributed by atoms with van der Waals surface area (Å²) < 4.78 is 10.6. The van der Waals surface area contributed by atoms with Crippen LogP contribution < -0.4 is 5.32 Å². The van der Waals surface area contributed by atoms with Crippen molar-refractivity contribution < 1.29 is 14.3 Å². The van der Waals surface area contributed by atoms with Gasteiger partial charge in [-0.3, -0.25) is 9.79 Å². The number of likely N-dealkylation sites (tertiary alicyclic amines) is 1. The molecule has 0 spiro atoms. The normalized spacial score (nSPS) is 24.6. The minimum Gasteiger partial charge on any atom is -0.469 e. The lowest BCUT2D eigenvalue weighted by Gasteiger charge is -2.34. The first kappa shape index (κ1) is 18.0. The van der Waals surface area contributed by atoms with Crippen LogP contribution in [0.15, 0.2) is 4.99 Å². The van der Waals surface area contributed by atoms with E-state index in [1.54, 1.807) is 0 Å². The lowest BCUT2D eigenvalue weighted by molar-refractivity contribution is -0.146. The molecule has 23 heavy (non-hydrogen) atoms. The zero-order valence-corrected chi connectivity index (χ0v) is 14.6. The van der Waals surface area contributed by atoms with E-state index in [2.05, 4.69) is 29.1 Å². The van der Waals surface area contributed by atoms with Gasteiger partial charge in [0.15, 0.2) is 5.96 Å². The summed E-state index contributed by atoms with van der Waals surface area (Å²) in [6.45, 7) is 7.92. The van der Waals surface area contributed by atoms with Crippen LogP contribution in [0, 0.1) is 5.92 Å². The fourth-order valence-corrected chi connectivity index (χ4v) is 3.09. The van der Waals surface area contributed by atoms with Crippen molar-refractivity contribution >= 4 is 11.9 Å². The van der Waals surface area contributed by atoms with Gasteiger partial charge in [-0.05, 0) is 26.8 Å². The Morgan fingerprint density at radius 2 is 2.09 bits per heavy atom. The molecule has 2 fully saturated rings. The third-order valence-electron chi connectivity index (χ3n) is 4.45. The highest BCUT2D eigenvalue weighted by atomic mass is 16.5. The molecule has 0 aromatic rings. The largest absolute Gasteiger partial charge is 0.469 e. The Kier molecular flexibility index (Phi) is 7.11. The van der Waals surface area contributed by atoms with Crippen LogP contribution in [0.2, 0.25) is 0 Å². The van der Waals surface area contributed by atoms with Crippen molar-refractivity contribution in [2.75, 3.05) is 60.0 Å². The molecule has 1 N–H and O–H groups in total. The third-order valence-corrected chi connectivity index (χ3v) is 4.45. The van der Waals surface area contributed by atoms with Crippen LogP contribution in [0.3, 0.4) is 0 Å². The number of carbonyl (C=O) groups is 1. The summed E-state index contributed by atoms with van der Waals surface area (Å²) in [6.07, 6.45) is 1.80. The Labute approximate surface area is 139 Å². The molecular formula is C16H30N4O3. The number of ether oxygens (including phenoxy) is 2. The van der Waals surface area contributed by atoms with Crippen LogP contribution in [0.5, 0.6) is 0 Å². The van der Waals surface area contributed by atoms with Gasteiger partial charge in [0.25, 0.3) is 0 Å². The highest BCUT2D eigenvalue weighted by Gasteiger charge is 2.27. The zero-order valence-electron chi connectivity index (χ0n) is 14.6. The maximum atomic E-state index is 11.6. The van der Waals surface area contributed by atoms with Crippen molar-refractivity contribution in [3.63, 3.8) is 0 Å². The number of carbonyl (C=O) groups excluding carboxylic acids is 1. The number of morpholine rings is 1. The Morgan fingerprint density at radius 3 is 2.70 bits per heavy atom. The van der Waals surface area contributed by atoms with Crippen LogP contribution in [0.4, 0.5) is 0 Å². The average molecular weight is 326 g/mol. The highest BCUT2D eigenvalue weighted by molar-refractivity contribution is 5.80. The van der Waals surface area contributed by atoms with Crippen LogP contribution in [-0.4, -0.2) is 87.9 Å². The molecule has 2 saturated heterocycles. The van der Waals surface area contributed by atoms with Crippen molar-refractivity contribution in [2.45, 2.75) is 25.9 Å². The number of likely N-dealkylation sites (N-methyl/N-ethyl adjacent to an activating group) is 1. The topological polar surface area (TPSA) is 66.4 Å². The predicted octanol–water partition coefficient (Wildman–Crippen LogP) is 0.168. The van der Waals surface area contributed by atoms with E-state index in [1.807, 2.05) is 0 Å². The second-order valence-corrected chi connectivity index (χ2v) is 6.23. The monoisotopic (exact) mass is 326 g/mol. The number of methoxy groups -OCH3 is 1. The van der Waals surface area contributed by atoms with Crippen molar-refractivity contribution in [1.29, 1.82) is 0 Å². The fraction of sp³-hybridized carbons (Fsp3) is 0.875. The van der Waals surface area contributed by atoms with E-state index in [-0.39, 0.29) is 18.0 Å². The van der Waals surface area contributed by atoms with E-state index >= 15 is 0 Å². The van der Waals surface area contributed by atoms with E-state index in [0.29, 0.717) is 6.54 Å². The molecule has 1 unspecified atom stereocenters. The van der Waals surface area contributed by atoms with Crippen LogP contribution in [0.1, 0.15) is 19.8 Å². The summed E-state index contributed by atoms with van der Waals surface area (Å²) in [4.78, 5) is 20.9. The van der Waals surface area contributed by atoms with Crippen molar-refractivity contribution in [1.82, 2.24) is 15.1 Å². The Hall–Kier alpha value is -1.34. The summed E-state index contributed by atoms with van der Waals surface area (Å²) in [5.74, 6) is 0.854. The van der Waals surface area contributed by atoms with Crippen molar-refractivity contribution in [3.8, 4) is 0 Å². The van der Waals surface area contributed by atoms with Gasteiger partial charge in [0, 0.05) is 32.7 Å². The molecule has 7 nitrogen and oxygen atoms in total. The zero-order chi connectivity index (χ0) is 16.7. The van der Waals surface area contributed by atoms with Crippen LogP contribution in [0.25, 0.3) is 0 Å². The summed E-state index contributed by atoms with van der Waals surface area (Å²) in [6, 6.07) is 0. The quantitative estimate of drug-likeness (QED) is 0.451. The van der Waals surface area contributed by atoms with Crippen molar-refractivity contribution in [2.24, 2.45) is 10.9 Å². The maximum absolute atomic E-state index is 11.6. The number of nitrogens with zero attached hydrogens (tertiary/aromatic N) is 3. The first-order chi connectivity index (χ1) is 11.1. The van der Waals surface area contributed by atoms with Gasteiger partial charge < -0.3 is 24.6 Å². The predicted molar refractivity (Wildman–Crippen MR) is 89.5 cm³/mol. The maximum Gasteiger partial charge on any atom is 0.308 e. The number of aliphatic imine (C=N–C) groups is 1. The van der Waals surface area contributed by atoms with E-state index in [4.69, 9.17) is 14.5 Å². The molecule has 132 valence electrons. The summed E-state index contributed by atoms with van der Waals surface area (Å²) in [5, 5.41) is 3.35. The first-order valence-electron chi connectivity index (χ1n) is 8.55. The SMILES string of the molecule is CCNC(=NCC1CN(C)CCO1)N1CCC(C(=O)OC)CC1. The van der Waals surface area contributed by atoms with Gasteiger partial charge in [0.05, 0.1) is 32.3 Å². The molecule has 0 aromatic heterocycles. The summed E-state index contributed by atoms with van der Waals surface area (Å²) in [5.41, 5.74) is 0. The molecule has 0 radical (unpaired) electrons. The van der Waals surface area contributed by atoms with Crippen LogP contribution in [-0.2, 0) is 14.3 Å². The van der Waals surface area contributed by atoms with E-state index < -0.39 is 0 Å². The fourth-order valence-electron chi connectivity index (χ4n) is 3.09. The van der Waals surface area contributed by atoms with E-state index in [0.717, 1.165) is 58.1 Å². The van der Waals surface area contributed by atoms with Crippen LogP contribution >= 0.6 is 0 Å². The first-order valence-corrected chi connectivity index (χ1v) is 8.55. The lowest BCUT2D eigenvalue weighted by Crippen LogP contribution is -2.47. The van der Waals surface area contributed by atoms with E-state index in [9.17, 15) is 4.79 Å². The number of piperidine rings is 1. The highest BCUT2D eigenvalue weighted by Crippen LogP contribution is 2.18. The van der Waals surface area contributed by atoms with Gasteiger partial charge >= 0.3 is 5.97 Å². The number of hydrogen-bond acceptors (Lipinski definition) is 5. The summed E-state index contributed by atoms with van der Waals surface area (Å²) >= 11 is 0. The lowest BCUT2D eigenvalue weighted by atomic mass is 9.97. The second kappa shape index (κ2) is 9.08. The van der Waals surface area contributed by atoms with Gasteiger partial charge in [0.2, 0.25) is 0 Å². The number of guanidine groups is 1. The van der Waals surface area contributed by atoms with Gasteiger partial charge in [-0.2, -0.15) is 0 Å². The number of hydrogen-bond donors (Lipinski definition) is 1. The Bertz CT molecular complexity index is 408. The molecule has 2 aliphatic heterocycles. The summed E-state index contributed by atoms with van der Waals surface area (Å²) in [7, 11) is 3.57. The standard InChI is InChI=1S/C16H30N4O3/c1-4-17-16(18-11-14-12-19(2)9-10-23-14)20-7-5-13(6-8-20)15(21)22-3/h13-14H,4-12H2,1-3H3,(H,17,18). The van der Waals surface area contributed by atoms with Gasteiger partial charge in [0.1, 0.15) is 0 Å². The minimum absolute atomic E-state index is 0.0226. The molecule has 2 rings (SSSR count). The Morgan fingerprint density at radius 1 is 1.35 bits per heavy atom. The number of nitrogens with one attached hydrogen (secondary N) is 1. The smallest absolute Gasteiger partial charge is 0.308 e. The molecule has 7 heteroatoms. The molecule has 2 heterocycles. The molecular weight excluding hydrogens is 296 g/mol. The molecule has 0 aliphatic carbocycles. The van der Waals surface area contributed by atoms with Gasteiger partial charge in [-0.1, -0.05) is 0 Å². The van der Waals surface area contributed by atoms with Gasteiger partial charge in [-0.15, -0.1) is 0 Å². The average Bonchev–Trinajstić information content (AvgIpc) is 2.58. The molecule has 0 saturated carbocycles. The molecule has 2 aliphatic rings. The number of rotatable bonds is 4. The molecule has 0 bridgehead atoms. The number of esters is 1. The molecule has 1 atom stereocenters. The van der Waals surface area contributed by atoms with Gasteiger partial charge in [-0.25, -0.2) is 0 Å². The second-order valence-electron chi connectivity index (χ2n) is 6.23. The minimum atomic E-state index is -0.0924. The molecule has 0 amide bonds. The van der Waals surface area contributed by atoms with E-state index in [1.165, 1.54) is 7.11 Å². The third kappa shape index (κ3) is 5.35. The Balaban J connectivity index is 1.88. The van der Waals surface area contributed by atoms with Crippen molar-refractivity contribution in [3.05, 3.63) is 0 Å².